The first-order valence-corrected chi connectivity index (χ1v) is 9.10. The molecule has 0 aromatic heterocycles. The van der Waals surface area contributed by atoms with Gasteiger partial charge in [0, 0.05) is 0 Å². The molecule has 1 nitrogen and oxygen atoms in total. The first kappa shape index (κ1) is 16.3. The Kier molecular flexibility index (Phi) is 7.88. The Morgan fingerprint density at radius 1 is 1.37 bits per heavy atom. The van der Waals surface area contributed by atoms with Gasteiger partial charge >= 0.3 is 127 Å². The molecule has 0 radical (unpaired) electrons. The summed E-state index contributed by atoms with van der Waals surface area (Å²) in [6.07, 6.45) is 4.18. The van der Waals surface area contributed by atoms with Gasteiger partial charge in [0.05, 0.1) is 0 Å². The van der Waals surface area contributed by atoms with Crippen LogP contribution in [-0.4, -0.2) is 26.5 Å². The Morgan fingerprint density at radius 3 is 2.63 bits per heavy atom. The van der Waals surface area contributed by atoms with E-state index in [0.717, 1.165) is 15.8 Å². The minimum absolute atomic E-state index is 0.104. The van der Waals surface area contributed by atoms with Gasteiger partial charge in [-0.1, -0.05) is 0 Å². The topological polar surface area (TPSA) is 17.1 Å². The first-order valence-electron chi connectivity index (χ1n) is 6.40. The van der Waals surface area contributed by atoms with Crippen LogP contribution in [0.4, 0.5) is 0 Å². The van der Waals surface area contributed by atoms with E-state index in [1.54, 1.807) is 13.0 Å². The maximum atomic E-state index is 11.4. The van der Waals surface area contributed by atoms with E-state index in [9.17, 15) is 4.79 Å². The fourth-order valence-electron chi connectivity index (χ4n) is 1.44. The molecule has 0 aliphatic carbocycles. The van der Waals surface area contributed by atoms with Crippen molar-refractivity contribution in [3.8, 4) is 0 Å². The number of allylic oxidation sites excluding steroid dienone is 1. The summed E-state index contributed by atoms with van der Waals surface area (Å²) < 4.78 is 2.31. The van der Waals surface area contributed by atoms with Crippen LogP contribution in [0.25, 0.3) is 4.47 Å². The van der Waals surface area contributed by atoms with Crippen LogP contribution in [0.1, 0.15) is 32.3 Å². The average Bonchev–Trinajstić information content (AvgIpc) is 2.39. The second-order valence-corrected chi connectivity index (χ2v) is 8.32. The summed E-state index contributed by atoms with van der Waals surface area (Å²) in [5.74, 6) is 1.23. The summed E-state index contributed by atoms with van der Waals surface area (Å²) in [6.45, 7) is 7.93. The molecule has 1 rings (SSSR count). The van der Waals surface area contributed by atoms with E-state index in [-0.39, 0.29) is 20.7 Å². The summed E-state index contributed by atoms with van der Waals surface area (Å²) in [7, 11) is 0. The van der Waals surface area contributed by atoms with Crippen molar-refractivity contribution in [3.05, 3.63) is 52.4 Å². The van der Waals surface area contributed by atoms with Gasteiger partial charge in [-0.2, -0.15) is 0 Å². The van der Waals surface area contributed by atoms with Gasteiger partial charge in [0.25, 0.3) is 0 Å². The van der Waals surface area contributed by atoms with Gasteiger partial charge in [-0.15, -0.1) is 0 Å². The number of ketones is 1. The molecule has 3 heteroatoms. The molecule has 1 aromatic carbocycles. The van der Waals surface area contributed by atoms with Gasteiger partial charge in [0.1, 0.15) is 0 Å². The molecule has 19 heavy (non-hydrogen) atoms. The number of thioether (sulfide) groups is 1. The van der Waals surface area contributed by atoms with Crippen molar-refractivity contribution in [1.82, 2.24) is 0 Å². The van der Waals surface area contributed by atoms with Gasteiger partial charge in [-0.3, -0.25) is 0 Å². The Hall–Kier alpha value is -0.761. The Bertz CT molecular complexity index is 451. The van der Waals surface area contributed by atoms with Crippen molar-refractivity contribution in [1.29, 1.82) is 0 Å². The van der Waals surface area contributed by atoms with E-state index in [2.05, 4.69) is 25.6 Å². The van der Waals surface area contributed by atoms with Crippen LogP contribution < -0.4 is 0 Å². The third-order valence-electron chi connectivity index (χ3n) is 2.38. The zero-order chi connectivity index (χ0) is 14.1. The number of hydrogen-bond donors (Lipinski definition) is 0. The van der Waals surface area contributed by atoms with E-state index >= 15 is 0 Å². The Morgan fingerprint density at radius 2 is 2.05 bits per heavy atom. The number of unbranched alkanes of at least 4 members (excludes halogenated alkanes) is 1. The SMILES string of the molecule is C=C(SCCCC)[Se]/C(=C\C(C)=O)c1ccccc1. The number of benzene rings is 1. The molecule has 0 amide bonds. The van der Waals surface area contributed by atoms with Gasteiger partial charge < -0.3 is 0 Å². The van der Waals surface area contributed by atoms with Crippen molar-refractivity contribution in [2.75, 3.05) is 5.75 Å². The van der Waals surface area contributed by atoms with E-state index in [1.807, 2.05) is 30.0 Å². The number of carbonyl (C=O) groups is 1. The molecule has 0 atom stereocenters. The van der Waals surface area contributed by atoms with Crippen LogP contribution in [0.2, 0.25) is 0 Å². The van der Waals surface area contributed by atoms with Gasteiger partial charge in [0.15, 0.2) is 0 Å². The summed E-state index contributed by atoms with van der Waals surface area (Å²) in [6, 6.07) is 10.1. The molecule has 0 aliphatic rings. The quantitative estimate of drug-likeness (QED) is 0.398. The average molecular weight is 339 g/mol. The summed E-state index contributed by atoms with van der Waals surface area (Å²) in [5.41, 5.74) is 1.13. The summed E-state index contributed by atoms with van der Waals surface area (Å²) in [4.78, 5) is 11.4. The standard InChI is InChI=1S/C16H20OSSe/c1-4-5-11-18-14(3)19-16(12-13(2)17)15-9-7-6-8-10-15/h6-10,12H,3-5,11H2,1-2H3/b16-12-. The van der Waals surface area contributed by atoms with E-state index in [0.29, 0.717) is 0 Å². The molecular formula is C16H20OSSe. The third kappa shape index (κ3) is 6.81. The third-order valence-corrected chi connectivity index (χ3v) is 6.05. The fourth-order valence-corrected chi connectivity index (χ4v) is 5.04. The number of hydrogen-bond acceptors (Lipinski definition) is 2. The van der Waals surface area contributed by atoms with Crippen molar-refractivity contribution in [3.63, 3.8) is 0 Å². The molecule has 0 unspecified atom stereocenters. The first-order chi connectivity index (χ1) is 9.13. The zero-order valence-electron chi connectivity index (χ0n) is 11.5. The zero-order valence-corrected chi connectivity index (χ0v) is 14.0. The maximum absolute atomic E-state index is 11.4. The van der Waals surface area contributed by atoms with Crippen LogP contribution in [-0.2, 0) is 4.79 Å². The molecular weight excluding hydrogens is 319 g/mol. The number of carbonyl (C=O) groups excluding carboxylic acids is 1. The van der Waals surface area contributed by atoms with Crippen molar-refractivity contribution >= 4 is 37.0 Å². The molecule has 102 valence electrons. The second kappa shape index (κ2) is 9.19. The molecule has 0 N–H and O–H groups in total. The predicted octanol–water partition coefficient (Wildman–Crippen LogP) is 4.33. The summed E-state index contributed by atoms with van der Waals surface area (Å²) >= 11 is 1.98. The molecule has 0 heterocycles. The van der Waals surface area contributed by atoms with Crippen LogP contribution in [0.5, 0.6) is 0 Å². The Balaban J connectivity index is 2.72. The monoisotopic (exact) mass is 340 g/mol. The molecule has 1 aromatic rings. The molecule has 0 bridgehead atoms. The van der Waals surface area contributed by atoms with E-state index in [4.69, 9.17) is 0 Å². The van der Waals surface area contributed by atoms with Gasteiger partial charge in [0.2, 0.25) is 0 Å². The van der Waals surface area contributed by atoms with E-state index in [1.165, 1.54) is 16.6 Å². The molecule has 0 fully saturated rings. The van der Waals surface area contributed by atoms with E-state index < -0.39 is 0 Å². The van der Waals surface area contributed by atoms with Crippen molar-refractivity contribution in [2.45, 2.75) is 26.7 Å². The Labute approximate surface area is 126 Å². The number of rotatable bonds is 8. The van der Waals surface area contributed by atoms with Crippen LogP contribution in [0.15, 0.2) is 46.8 Å². The molecule has 0 spiro atoms. The normalized spacial score (nSPS) is 11.4. The van der Waals surface area contributed by atoms with Gasteiger partial charge in [-0.05, 0) is 0 Å². The molecule has 0 saturated carbocycles. The minimum atomic E-state index is 0.104. The van der Waals surface area contributed by atoms with Crippen LogP contribution in [0.3, 0.4) is 0 Å². The molecule has 0 aliphatic heterocycles. The van der Waals surface area contributed by atoms with Crippen molar-refractivity contribution in [2.24, 2.45) is 0 Å². The second-order valence-electron chi connectivity index (χ2n) is 4.16. The molecule has 0 saturated heterocycles. The van der Waals surface area contributed by atoms with Crippen LogP contribution >= 0.6 is 11.8 Å². The van der Waals surface area contributed by atoms with Crippen molar-refractivity contribution < 1.29 is 4.79 Å². The van der Waals surface area contributed by atoms with Crippen LogP contribution in [0, 0.1) is 0 Å². The predicted molar refractivity (Wildman–Crippen MR) is 87.4 cm³/mol. The summed E-state index contributed by atoms with van der Waals surface area (Å²) in [5, 5.41) is 0. The fraction of sp³-hybridized carbons (Fsp3) is 0.312. The van der Waals surface area contributed by atoms with Gasteiger partial charge in [-0.25, -0.2) is 0 Å².